The van der Waals surface area contributed by atoms with E-state index in [1.165, 1.54) is 18.2 Å². The lowest BCUT2D eigenvalue weighted by atomic mass is 10.2. The Morgan fingerprint density at radius 3 is 2.19 bits per heavy atom. The first-order valence-corrected chi connectivity index (χ1v) is 8.36. The molecule has 0 saturated heterocycles. The Labute approximate surface area is 137 Å². The molecule has 0 fully saturated rings. The molecular formula is C13H11Cl3N2O2S. The largest absolute Gasteiger partial charge is 0.399 e. The van der Waals surface area contributed by atoms with Crippen LogP contribution in [0.4, 0.5) is 11.4 Å². The zero-order valence-electron chi connectivity index (χ0n) is 10.8. The summed E-state index contributed by atoms with van der Waals surface area (Å²) in [4.78, 5) is -0.225. The number of nitrogen functional groups attached to an aromatic ring is 1. The zero-order valence-corrected chi connectivity index (χ0v) is 13.9. The van der Waals surface area contributed by atoms with Crippen LogP contribution in [0.25, 0.3) is 0 Å². The van der Waals surface area contributed by atoms with Gasteiger partial charge >= 0.3 is 0 Å². The number of nitrogens with two attached hydrogens (primary N) is 1. The van der Waals surface area contributed by atoms with Crippen molar-refractivity contribution in [1.82, 2.24) is 0 Å². The van der Waals surface area contributed by atoms with Gasteiger partial charge < -0.3 is 5.73 Å². The van der Waals surface area contributed by atoms with Gasteiger partial charge in [0.05, 0.1) is 15.7 Å². The van der Waals surface area contributed by atoms with E-state index in [-0.39, 0.29) is 20.0 Å². The van der Waals surface area contributed by atoms with Crippen LogP contribution in [-0.2, 0) is 10.0 Å². The SMILES string of the molecule is Cc1ccc(N)cc1NS(=O)(=O)c1c(Cl)cc(Cl)cc1Cl. The minimum atomic E-state index is -3.96. The molecule has 0 aliphatic rings. The van der Waals surface area contributed by atoms with Crippen LogP contribution in [0, 0.1) is 6.92 Å². The number of rotatable bonds is 3. The highest BCUT2D eigenvalue weighted by atomic mass is 35.5. The number of hydrogen-bond donors (Lipinski definition) is 2. The number of halogens is 3. The lowest BCUT2D eigenvalue weighted by Crippen LogP contribution is -2.15. The predicted molar refractivity (Wildman–Crippen MR) is 87.9 cm³/mol. The van der Waals surface area contributed by atoms with Crippen molar-refractivity contribution < 1.29 is 8.42 Å². The van der Waals surface area contributed by atoms with E-state index in [0.717, 1.165) is 0 Å². The second-order valence-corrected chi connectivity index (χ2v) is 7.25. The number of hydrogen-bond acceptors (Lipinski definition) is 3. The molecule has 0 saturated carbocycles. The molecular weight excluding hydrogens is 355 g/mol. The third-order valence-corrected chi connectivity index (χ3v) is 5.24. The second kappa shape index (κ2) is 5.93. The fourth-order valence-electron chi connectivity index (χ4n) is 1.73. The molecule has 3 N–H and O–H groups in total. The Morgan fingerprint density at radius 1 is 1.05 bits per heavy atom. The number of sulfonamides is 1. The van der Waals surface area contributed by atoms with Crippen LogP contribution >= 0.6 is 34.8 Å². The van der Waals surface area contributed by atoms with Gasteiger partial charge in [0.25, 0.3) is 10.0 Å². The highest BCUT2D eigenvalue weighted by molar-refractivity contribution is 7.93. The molecule has 0 unspecified atom stereocenters. The summed E-state index contributed by atoms with van der Waals surface area (Å²) >= 11 is 17.7. The van der Waals surface area contributed by atoms with Crippen LogP contribution in [-0.4, -0.2) is 8.42 Å². The summed E-state index contributed by atoms with van der Waals surface area (Å²) in [7, 11) is -3.96. The van der Waals surface area contributed by atoms with E-state index >= 15 is 0 Å². The second-order valence-electron chi connectivity index (χ2n) is 4.38. The van der Waals surface area contributed by atoms with Crippen LogP contribution in [0.1, 0.15) is 5.56 Å². The minimum Gasteiger partial charge on any atom is -0.399 e. The van der Waals surface area contributed by atoms with Crippen molar-refractivity contribution in [2.75, 3.05) is 10.5 Å². The number of nitrogens with one attached hydrogen (secondary N) is 1. The molecule has 0 radical (unpaired) electrons. The summed E-state index contributed by atoms with van der Waals surface area (Å²) in [5.74, 6) is 0. The first kappa shape index (κ1) is 16.2. The normalized spacial score (nSPS) is 11.4. The maximum absolute atomic E-state index is 12.5. The van der Waals surface area contributed by atoms with Gasteiger partial charge in [0.1, 0.15) is 4.90 Å². The fraction of sp³-hybridized carbons (Fsp3) is 0.0769. The van der Waals surface area contributed by atoms with E-state index in [4.69, 9.17) is 40.5 Å². The smallest absolute Gasteiger partial charge is 0.264 e. The summed E-state index contributed by atoms with van der Waals surface area (Å²) in [6.45, 7) is 1.75. The molecule has 21 heavy (non-hydrogen) atoms. The molecule has 0 aliphatic heterocycles. The van der Waals surface area contributed by atoms with E-state index < -0.39 is 10.0 Å². The van der Waals surface area contributed by atoms with E-state index in [1.807, 2.05) is 0 Å². The topological polar surface area (TPSA) is 72.2 Å². The number of benzene rings is 2. The molecule has 8 heteroatoms. The highest BCUT2D eigenvalue weighted by Gasteiger charge is 2.23. The average Bonchev–Trinajstić information content (AvgIpc) is 2.31. The van der Waals surface area contributed by atoms with Crippen molar-refractivity contribution in [3.63, 3.8) is 0 Å². The molecule has 2 rings (SSSR count). The van der Waals surface area contributed by atoms with E-state index in [2.05, 4.69) is 4.72 Å². The zero-order chi connectivity index (χ0) is 15.8. The maximum atomic E-state index is 12.5. The molecule has 2 aromatic rings. The van der Waals surface area contributed by atoms with Gasteiger partial charge in [0, 0.05) is 10.7 Å². The van der Waals surface area contributed by atoms with Crippen molar-refractivity contribution in [3.8, 4) is 0 Å². The van der Waals surface area contributed by atoms with Crippen LogP contribution in [0.15, 0.2) is 35.2 Å². The van der Waals surface area contributed by atoms with Crippen molar-refractivity contribution in [1.29, 1.82) is 0 Å². The molecule has 0 heterocycles. The number of aryl methyl sites for hydroxylation is 1. The third-order valence-electron chi connectivity index (χ3n) is 2.74. The quantitative estimate of drug-likeness (QED) is 0.795. The third kappa shape index (κ3) is 3.55. The molecule has 0 aromatic heterocycles. The van der Waals surface area contributed by atoms with E-state index in [1.54, 1.807) is 19.1 Å². The molecule has 2 aromatic carbocycles. The lowest BCUT2D eigenvalue weighted by Gasteiger charge is -2.13. The molecule has 4 nitrogen and oxygen atoms in total. The van der Waals surface area contributed by atoms with Crippen molar-refractivity contribution in [2.45, 2.75) is 11.8 Å². The molecule has 0 atom stereocenters. The fourth-order valence-corrected chi connectivity index (χ4v) is 4.40. The Balaban J connectivity index is 2.51. The summed E-state index contributed by atoms with van der Waals surface area (Å²) in [6, 6.07) is 7.53. The molecule has 0 aliphatic carbocycles. The Hall–Kier alpha value is -1.14. The first-order valence-electron chi connectivity index (χ1n) is 5.74. The van der Waals surface area contributed by atoms with Crippen molar-refractivity contribution >= 4 is 56.2 Å². The van der Waals surface area contributed by atoms with Gasteiger partial charge in [-0.2, -0.15) is 0 Å². The van der Waals surface area contributed by atoms with Gasteiger partial charge in [0.2, 0.25) is 0 Å². The van der Waals surface area contributed by atoms with Gasteiger partial charge in [-0.25, -0.2) is 8.42 Å². The Morgan fingerprint density at radius 2 is 1.62 bits per heavy atom. The van der Waals surface area contributed by atoms with Crippen LogP contribution < -0.4 is 10.5 Å². The predicted octanol–water partition coefficient (Wildman–Crippen LogP) is 4.34. The molecule has 0 bridgehead atoms. The lowest BCUT2D eigenvalue weighted by molar-refractivity contribution is 0.601. The highest BCUT2D eigenvalue weighted by Crippen LogP contribution is 2.34. The van der Waals surface area contributed by atoms with Crippen LogP contribution in [0.5, 0.6) is 0 Å². The van der Waals surface area contributed by atoms with Gasteiger partial charge in [-0.15, -0.1) is 0 Å². The van der Waals surface area contributed by atoms with E-state index in [0.29, 0.717) is 16.9 Å². The standard InChI is InChI=1S/C13H11Cl3N2O2S/c1-7-2-3-9(17)6-12(7)18-21(19,20)13-10(15)4-8(14)5-11(13)16/h2-6,18H,17H2,1H3. The van der Waals surface area contributed by atoms with Crippen molar-refractivity contribution in [2.24, 2.45) is 0 Å². The first-order chi connectivity index (χ1) is 9.70. The Bertz CT molecular complexity index is 784. The average molecular weight is 366 g/mol. The van der Waals surface area contributed by atoms with Gasteiger partial charge in [-0.3, -0.25) is 4.72 Å². The minimum absolute atomic E-state index is 0.0541. The maximum Gasteiger partial charge on any atom is 0.264 e. The Kier molecular flexibility index (Phi) is 4.58. The summed E-state index contributed by atoms with van der Waals surface area (Å²) in [5.41, 5.74) is 7.17. The van der Waals surface area contributed by atoms with E-state index in [9.17, 15) is 8.42 Å². The summed E-state index contributed by atoms with van der Waals surface area (Å²) in [6.07, 6.45) is 0. The molecule has 112 valence electrons. The molecule has 0 spiro atoms. The van der Waals surface area contributed by atoms with Crippen molar-refractivity contribution in [3.05, 3.63) is 51.0 Å². The van der Waals surface area contributed by atoms with Gasteiger partial charge in [0.15, 0.2) is 0 Å². The van der Waals surface area contributed by atoms with Crippen LogP contribution in [0.2, 0.25) is 15.1 Å². The summed E-state index contributed by atoms with van der Waals surface area (Å²) < 4.78 is 27.3. The van der Waals surface area contributed by atoms with Gasteiger partial charge in [-0.1, -0.05) is 40.9 Å². The molecule has 0 amide bonds. The van der Waals surface area contributed by atoms with Gasteiger partial charge in [-0.05, 0) is 36.8 Å². The summed E-state index contributed by atoms with van der Waals surface area (Å²) in [5, 5.41) is 0.146. The monoisotopic (exact) mass is 364 g/mol. The number of anilines is 2. The van der Waals surface area contributed by atoms with Crippen LogP contribution in [0.3, 0.4) is 0 Å².